The van der Waals surface area contributed by atoms with Crippen LogP contribution in [0.1, 0.15) is 32.3 Å². The molecule has 2 rings (SSSR count). The van der Waals surface area contributed by atoms with Gasteiger partial charge in [0.1, 0.15) is 0 Å². The first-order valence-corrected chi connectivity index (χ1v) is 8.22. The van der Waals surface area contributed by atoms with Crippen molar-refractivity contribution >= 4 is 33.7 Å². The molecular formula is C17H22BrNO2. The molecule has 0 spiro atoms. The molecule has 0 bridgehead atoms. The van der Waals surface area contributed by atoms with E-state index in [2.05, 4.69) is 40.7 Å². The second-order valence-electron chi connectivity index (χ2n) is 5.94. The van der Waals surface area contributed by atoms with Crippen LogP contribution in [0, 0.1) is 11.8 Å². The van der Waals surface area contributed by atoms with Crippen molar-refractivity contribution in [2.75, 3.05) is 18.0 Å². The summed E-state index contributed by atoms with van der Waals surface area (Å²) in [6, 6.07) is 6.00. The number of benzene rings is 1. The molecule has 1 aromatic rings. The Labute approximate surface area is 134 Å². The minimum Gasteiger partial charge on any atom is -0.478 e. The van der Waals surface area contributed by atoms with E-state index in [1.54, 1.807) is 6.08 Å². The van der Waals surface area contributed by atoms with E-state index in [0.29, 0.717) is 0 Å². The van der Waals surface area contributed by atoms with E-state index in [-0.39, 0.29) is 0 Å². The highest BCUT2D eigenvalue weighted by molar-refractivity contribution is 9.10. The van der Waals surface area contributed by atoms with Crippen LogP contribution in [0.3, 0.4) is 0 Å². The lowest BCUT2D eigenvalue weighted by molar-refractivity contribution is -0.131. The number of rotatable bonds is 4. The molecule has 0 amide bonds. The highest BCUT2D eigenvalue weighted by atomic mass is 79.9. The monoisotopic (exact) mass is 351 g/mol. The van der Waals surface area contributed by atoms with Gasteiger partial charge in [-0.1, -0.05) is 35.8 Å². The molecule has 21 heavy (non-hydrogen) atoms. The van der Waals surface area contributed by atoms with Crippen LogP contribution in [0.15, 0.2) is 28.7 Å². The van der Waals surface area contributed by atoms with Gasteiger partial charge in [0.15, 0.2) is 0 Å². The zero-order chi connectivity index (χ0) is 15.4. The van der Waals surface area contributed by atoms with Gasteiger partial charge in [0.05, 0.1) is 0 Å². The van der Waals surface area contributed by atoms with Crippen molar-refractivity contribution < 1.29 is 9.90 Å². The van der Waals surface area contributed by atoms with E-state index in [4.69, 9.17) is 5.11 Å². The normalized spacial score (nSPS) is 16.9. The third-order valence-electron chi connectivity index (χ3n) is 4.22. The molecule has 4 heteroatoms. The minimum atomic E-state index is -0.914. The summed E-state index contributed by atoms with van der Waals surface area (Å²) in [7, 11) is 0. The van der Waals surface area contributed by atoms with Crippen molar-refractivity contribution in [2.24, 2.45) is 11.8 Å². The van der Waals surface area contributed by atoms with Crippen molar-refractivity contribution in [3.63, 3.8) is 0 Å². The lowest BCUT2D eigenvalue weighted by Crippen LogP contribution is -2.35. The summed E-state index contributed by atoms with van der Waals surface area (Å²) >= 11 is 3.51. The zero-order valence-corrected chi connectivity index (χ0v) is 14.1. The van der Waals surface area contributed by atoms with Gasteiger partial charge in [0.25, 0.3) is 0 Å². The summed E-state index contributed by atoms with van der Waals surface area (Å²) in [6.45, 7) is 6.65. The molecule has 0 radical (unpaired) electrons. The first kappa shape index (κ1) is 16.1. The number of halogens is 1. The molecular weight excluding hydrogens is 330 g/mol. The largest absolute Gasteiger partial charge is 0.478 e. The SMILES string of the molecule is CC(C)C1CCN(c2cc(Br)ccc2/C=C/C(=O)O)CC1. The lowest BCUT2D eigenvalue weighted by atomic mass is 9.86. The highest BCUT2D eigenvalue weighted by Crippen LogP contribution is 2.32. The standard InChI is InChI=1S/C17H22BrNO2/c1-12(2)13-7-9-19(10-8-13)16-11-15(18)5-3-14(16)4-6-17(20)21/h3-6,11-13H,7-10H2,1-2H3,(H,20,21)/b6-4+. The van der Waals surface area contributed by atoms with Crippen LogP contribution < -0.4 is 4.90 Å². The molecule has 3 nitrogen and oxygen atoms in total. The smallest absolute Gasteiger partial charge is 0.328 e. The Balaban J connectivity index is 2.19. The summed E-state index contributed by atoms with van der Waals surface area (Å²) in [4.78, 5) is 13.1. The van der Waals surface area contributed by atoms with Crippen molar-refractivity contribution in [3.8, 4) is 0 Å². The van der Waals surface area contributed by atoms with E-state index in [1.165, 1.54) is 18.9 Å². The van der Waals surface area contributed by atoms with Gasteiger partial charge in [-0.3, -0.25) is 0 Å². The summed E-state index contributed by atoms with van der Waals surface area (Å²) in [5.74, 6) is 0.620. The van der Waals surface area contributed by atoms with E-state index < -0.39 is 5.97 Å². The van der Waals surface area contributed by atoms with E-state index >= 15 is 0 Å². The number of carbonyl (C=O) groups is 1. The van der Waals surface area contributed by atoms with Crippen LogP contribution in [0.25, 0.3) is 6.08 Å². The molecule has 0 saturated carbocycles. The van der Waals surface area contributed by atoms with Gasteiger partial charge in [0, 0.05) is 29.3 Å². The highest BCUT2D eigenvalue weighted by Gasteiger charge is 2.22. The fourth-order valence-electron chi connectivity index (χ4n) is 2.90. The maximum atomic E-state index is 10.7. The molecule has 0 unspecified atom stereocenters. The van der Waals surface area contributed by atoms with Gasteiger partial charge in [-0.25, -0.2) is 4.79 Å². The predicted octanol–water partition coefficient (Wildman–Crippen LogP) is 4.42. The molecule has 1 heterocycles. The van der Waals surface area contributed by atoms with Crippen molar-refractivity contribution in [1.82, 2.24) is 0 Å². The van der Waals surface area contributed by atoms with Gasteiger partial charge < -0.3 is 10.0 Å². The van der Waals surface area contributed by atoms with Gasteiger partial charge in [-0.15, -0.1) is 0 Å². The topological polar surface area (TPSA) is 40.5 Å². The zero-order valence-electron chi connectivity index (χ0n) is 12.6. The molecule has 0 atom stereocenters. The van der Waals surface area contributed by atoms with Crippen molar-refractivity contribution in [1.29, 1.82) is 0 Å². The summed E-state index contributed by atoms with van der Waals surface area (Å²) in [6.07, 6.45) is 5.28. The van der Waals surface area contributed by atoms with Gasteiger partial charge >= 0.3 is 5.97 Å². The fourth-order valence-corrected chi connectivity index (χ4v) is 3.25. The van der Waals surface area contributed by atoms with Crippen LogP contribution in [-0.4, -0.2) is 24.2 Å². The van der Waals surface area contributed by atoms with Gasteiger partial charge in [-0.2, -0.15) is 0 Å². The van der Waals surface area contributed by atoms with Crippen molar-refractivity contribution in [2.45, 2.75) is 26.7 Å². The fraction of sp³-hybridized carbons (Fsp3) is 0.471. The Kier molecular flexibility index (Phi) is 5.45. The minimum absolute atomic E-state index is 0.737. The molecule has 0 aliphatic carbocycles. The number of carboxylic acid groups (broad SMARTS) is 1. The number of nitrogens with zero attached hydrogens (tertiary/aromatic N) is 1. The number of hydrogen-bond donors (Lipinski definition) is 1. The average molecular weight is 352 g/mol. The number of piperidine rings is 1. The lowest BCUT2D eigenvalue weighted by Gasteiger charge is -2.36. The second kappa shape index (κ2) is 7.12. The maximum absolute atomic E-state index is 10.7. The molecule has 1 saturated heterocycles. The Morgan fingerprint density at radius 1 is 1.38 bits per heavy atom. The molecule has 1 fully saturated rings. The van der Waals surface area contributed by atoms with Crippen molar-refractivity contribution in [3.05, 3.63) is 34.3 Å². The Morgan fingerprint density at radius 3 is 2.62 bits per heavy atom. The van der Waals surface area contributed by atoms with Crippen LogP contribution in [0.4, 0.5) is 5.69 Å². The Hall–Kier alpha value is -1.29. The molecule has 0 aromatic heterocycles. The summed E-state index contributed by atoms with van der Waals surface area (Å²) < 4.78 is 1.02. The average Bonchev–Trinajstić information content (AvgIpc) is 2.46. The van der Waals surface area contributed by atoms with Gasteiger partial charge in [0.2, 0.25) is 0 Å². The molecule has 1 N–H and O–H groups in total. The summed E-state index contributed by atoms with van der Waals surface area (Å²) in [5, 5.41) is 8.82. The molecule has 114 valence electrons. The number of anilines is 1. The Bertz CT molecular complexity index is 532. The van der Waals surface area contributed by atoms with Crippen LogP contribution in [-0.2, 0) is 4.79 Å². The van der Waals surface area contributed by atoms with Crippen LogP contribution >= 0.6 is 15.9 Å². The van der Waals surface area contributed by atoms with Crippen LogP contribution in [0.5, 0.6) is 0 Å². The van der Waals surface area contributed by atoms with Crippen LogP contribution in [0.2, 0.25) is 0 Å². The third-order valence-corrected chi connectivity index (χ3v) is 4.71. The Morgan fingerprint density at radius 2 is 2.05 bits per heavy atom. The molecule has 1 aliphatic heterocycles. The second-order valence-corrected chi connectivity index (χ2v) is 6.86. The number of hydrogen-bond acceptors (Lipinski definition) is 2. The first-order chi connectivity index (χ1) is 9.97. The predicted molar refractivity (Wildman–Crippen MR) is 90.6 cm³/mol. The van der Waals surface area contributed by atoms with E-state index in [9.17, 15) is 4.79 Å². The van der Waals surface area contributed by atoms with E-state index in [1.807, 2.05) is 12.1 Å². The third kappa shape index (κ3) is 4.34. The summed E-state index contributed by atoms with van der Waals surface area (Å²) in [5.41, 5.74) is 2.08. The first-order valence-electron chi connectivity index (χ1n) is 7.43. The molecule has 1 aromatic carbocycles. The molecule has 1 aliphatic rings. The van der Waals surface area contributed by atoms with E-state index in [0.717, 1.165) is 40.6 Å². The van der Waals surface area contributed by atoms with Gasteiger partial charge in [-0.05, 0) is 48.4 Å². The maximum Gasteiger partial charge on any atom is 0.328 e. The number of carboxylic acids is 1. The number of aliphatic carboxylic acids is 1. The quantitative estimate of drug-likeness (QED) is 0.816.